The minimum absolute atomic E-state index is 0.134. The molecule has 2 heterocycles. The smallest absolute Gasteiger partial charge is 0.356 e. The highest BCUT2D eigenvalue weighted by Gasteiger charge is 2.29. The Morgan fingerprint density at radius 3 is 2.95 bits per heavy atom. The fourth-order valence-corrected chi connectivity index (χ4v) is 2.78. The van der Waals surface area contributed by atoms with Gasteiger partial charge in [0.05, 0.1) is 17.7 Å². The van der Waals surface area contributed by atoms with E-state index in [0.717, 1.165) is 11.3 Å². The number of carbonyl (C=O) groups excluding carboxylic acids is 1. The lowest BCUT2D eigenvalue weighted by molar-refractivity contribution is 0.0686. The number of fused-ring (bicyclic) bond motifs is 1. The van der Waals surface area contributed by atoms with Crippen molar-refractivity contribution >= 4 is 28.9 Å². The van der Waals surface area contributed by atoms with Crippen LogP contribution in [-0.4, -0.2) is 35.1 Å². The molecule has 0 atom stereocenters. The summed E-state index contributed by atoms with van der Waals surface area (Å²) in [6, 6.07) is 7.17. The number of aromatic carboxylic acids is 1. The van der Waals surface area contributed by atoms with Gasteiger partial charge in [-0.2, -0.15) is 0 Å². The summed E-state index contributed by atoms with van der Waals surface area (Å²) in [6.07, 6.45) is 0. The molecule has 1 N–H and O–H groups in total. The van der Waals surface area contributed by atoms with Gasteiger partial charge in [-0.25, -0.2) is 9.78 Å². The van der Waals surface area contributed by atoms with Crippen LogP contribution >= 0.6 is 11.3 Å². The van der Waals surface area contributed by atoms with E-state index in [0.29, 0.717) is 24.6 Å². The Balaban J connectivity index is 2.00. The Morgan fingerprint density at radius 2 is 2.15 bits per heavy atom. The summed E-state index contributed by atoms with van der Waals surface area (Å²) in [7, 11) is 0. The maximum absolute atomic E-state index is 12.5. The van der Waals surface area contributed by atoms with Crippen molar-refractivity contribution < 1.29 is 19.4 Å². The molecule has 0 saturated carbocycles. The molecule has 6 nitrogen and oxygen atoms in total. The van der Waals surface area contributed by atoms with Crippen LogP contribution in [-0.2, 0) is 0 Å². The molecule has 1 aliphatic rings. The fourth-order valence-electron chi connectivity index (χ4n) is 2.05. The van der Waals surface area contributed by atoms with Crippen LogP contribution in [0.4, 0.5) is 5.69 Å². The standard InChI is InChI=1S/C13H10N2O4S/c16-12(11-10(13(17)18)14-7-20-11)15-5-6-19-9-4-2-1-3-8(9)15/h1-4,7H,5-6H2,(H,17,18). The van der Waals surface area contributed by atoms with Crippen LogP contribution < -0.4 is 9.64 Å². The number of anilines is 1. The highest BCUT2D eigenvalue weighted by molar-refractivity contribution is 7.12. The number of carboxylic acid groups (broad SMARTS) is 1. The number of rotatable bonds is 2. The topological polar surface area (TPSA) is 79.7 Å². The third-order valence-electron chi connectivity index (χ3n) is 2.94. The van der Waals surface area contributed by atoms with Gasteiger partial charge in [0, 0.05) is 0 Å². The van der Waals surface area contributed by atoms with Crippen LogP contribution in [0, 0.1) is 0 Å². The first-order valence-electron chi connectivity index (χ1n) is 5.89. The lowest BCUT2D eigenvalue weighted by Crippen LogP contribution is -2.38. The van der Waals surface area contributed by atoms with Crippen molar-refractivity contribution in [1.29, 1.82) is 0 Å². The number of hydrogen-bond donors (Lipinski definition) is 1. The van der Waals surface area contributed by atoms with E-state index in [-0.39, 0.29) is 16.5 Å². The van der Waals surface area contributed by atoms with Crippen LogP contribution in [0.1, 0.15) is 20.2 Å². The summed E-state index contributed by atoms with van der Waals surface area (Å²) in [5.74, 6) is -0.940. The molecule has 1 aromatic heterocycles. The largest absolute Gasteiger partial charge is 0.490 e. The monoisotopic (exact) mass is 290 g/mol. The Hall–Kier alpha value is -2.41. The Morgan fingerprint density at radius 1 is 1.35 bits per heavy atom. The quantitative estimate of drug-likeness (QED) is 0.913. The number of para-hydroxylation sites is 2. The van der Waals surface area contributed by atoms with Crippen molar-refractivity contribution in [1.82, 2.24) is 4.98 Å². The summed E-state index contributed by atoms with van der Waals surface area (Å²) >= 11 is 1.03. The van der Waals surface area contributed by atoms with Crippen molar-refractivity contribution in [3.05, 3.63) is 40.3 Å². The summed E-state index contributed by atoms with van der Waals surface area (Å²) in [5.41, 5.74) is 1.81. The Labute approximate surface area is 118 Å². The predicted molar refractivity (Wildman–Crippen MR) is 72.7 cm³/mol. The zero-order valence-electron chi connectivity index (χ0n) is 10.3. The van der Waals surface area contributed by atoms with E-state index >= 15 is 0 Å². The molecule has 2 aromatic rings. The molecule has 1 aromatic carbocycles. The van der Waals surface area contributed by atoms with Crippen LogP contribution in [0.3, 0.4) is 0 Å². The second-order valence-corrected chi connectivity index (χ2v) is 4.96. The molecule has 0 saturated heterocycles. The van der Waals surface area contributed by atoms with Gasteiger partial charge in [0.25, 0.3) is 5.91 Å². The highest BCUT2D eigenvalue weighted by Crippen LogP contribution is 2.32. The molecule has 0 unspecified atom stereocenters. The number of thiazole rings is 1. The molecule has 20 heavy (non-hydrogen) atoms. The van der Waals surface area contributed by atoms with E-state index in [1.807, 2.05) is 6.07 Å². The normalized spacial score (nSPS) is 13.5. The molecule has 1 amide bonds. The van der Waals surface area contributed by atoms with Crippen molar-refractivity contribution in [2.75, 3.05) is 18.1 Å². The average molecular weight is 290 g/mol. The van der Waals surface area contributed by atoms with Crippen LogP contribution in [0.5, 0.6) is 5.75 Å². The van der Waals surface area contributed by atoms with E-state index in [4.69, 9.17) is 9.84 Å². The minimum atomic E-state index is -1.20. The third kappa shape index (κ3) is 2.01. The lowest BCUT2D eigenvalue weighted by Gasteiger charge is -2.29. The molecule has 1 aliphatic heterocycles. The molecule has 0 spiro atoms. The first kappa shape index (κ1) is 12.6. The van der Waals surface area contributed by atoms with Gasteiger partial charge in [0.15, 0.2) is 5.69 Å². The Bertz CT molecular complexity index is 683. The van der Waals surface area contributed by atoms with Gasteiger partial charge in [0.2, 0.25) is 0 Å². The van der Waals surface area contributed by atoms with Gasteiger partial charge in [0.1, 0.15) is 17.2 Å². The summed E-state index contributed by atoms with van der Waals surface area (Å²) in [4.78, 5) is 29.0. The van der Waals surface area contributed by atoms with E-state index in [9.17, 15) is 9.59 Å². The molecular weight excluding hydrogens is 280 g/mol. The highest BCUT2D eigenvalue weighted by atomic mass is 32.1. The number of nitrogens with zero attached hydrogens (tertiary/aromatic N) is 2. The van der Waals surface area contributed by atoms with Gasteiger partial charge in [-0.3, -0.25) is 4.79 Å². The predicted octanol–water partition coefficient (Wildman–Crippen LogP) is 1.88. The van der Waals surface area contributed by atoms with Gasteiger partial charge < -0.3 is 14.7 Å². The summed E-state index contributed by atoms with van der Waals surface area (Å²) < 4.78 is 5.48. The number of aromatic nitrogens is 1. The van der Waals surface area contributed by atoms with Gasteiger partial charge >= 0.3 is 5.97 Å². The first-order chi connectivity index (χ1) is 9.68. The first-order valence-corrected chi connectivity index (χ1v) is 6.77. The lowest BCUT2D eigenvalue weighted by atomic mass is 10.2. The van der Waals surface area contributed by atoms with E-state index in [1.54, 1.807) is 18.2 Å². The maximum atomic E-state index is 12.5. The van der Waals surface area contributed by atoms with Crippen LogP contribution in [0.2, 0.25) is 0 Å². The second-order valence-electron chi connectivity index (χ2n) is 4.11. The third-order valence-corrected chi connectivity index (χ3v) is 3.75. The number of carbonyl (C=O) groups is 2. The van der Waals surface area contributed by atoms with Crippen LogP contribution in [0.15, 0.2) is 29.8 Å². The van der Waals surface area contributed by atoms with Gasteiger partial charge in [-0.1, -0.05) is 12.1 Å². The number of amides is 1. The van der Waals surface area contributed by atoms with Crippen molar-refractivity contribution in [3.8, 4) is 5.75 Å². The average Bonchev–Trinajstić information content (AvgIpc) is 2.95. The number of hydrogen-bond acceptors (Lipinski definition) is 5. The summed E-state index contributed by atoms with van der Waals surface area (Å²) in [5, 5.41) is 9.05. The molecule has 0 bridgehead atoms. The molecule has 3 rings (SSSR count). The van der Waals surface area contributed by atoms with E-state index < -0.39 is 5.97 Å². The number of benzene rings is 1. The zero-order chi connectivity index (χ0) is 14.1. The van der Waals surface area contributed by atoms with E-state index in [1.165, 1.54) is 10.4 Å². The summed E-state index contributed by atoms with van der Waals surface area (Å²) in [6.45, 7) is 0.761. The Kier molecular flexibility index (Phi) is 3.11. The fraction of sp³-hybridized carbons (Fsp3) is 0.154. The zero-order valence-corrected chi connectivity index (χ0v) is 11.1. The van der Waals surface area contributed by atoms with Crippen molar-refractivity contribution in [3.63, 3.8) is 0 Å². The molecule has 0 radical (unpaired) electrons. The second kappa shape index (κ2) is 4.93. The van der Waals surface area contributed by atoms with Crippen molar-refractivity contribution in [2.45, 2.75) is 0 Å². The minimum Gasteiger partial charge on any atom is -0.490 e. The number of ether oxygens (including phenoxy) is 1. The maximum Gasteiger partial charge on any atom is 0.356 e. The van der Waals surface area contributed by atoms with Gasteiger partial charge in [-0.05, 0) is 12.1 Å². The molecular formula is C13H10N2O4S. The van der Waals surface area contributed by atoms with Crippen molar-refractivity contribution in [2.24, 2.45) is 0 Å². The molecule has 0 aliphatic carbocycles. The molecule has 102 valence electrons. The molecule has 0 fully saturated rings. The van der Waals surface area contributed by atoms with Crippen LogP contribution in [0.25, 0.3) is 0 Å². The molecule has 7 heteroatoms. The van der Waals surface area contributed by atoms with E-state index in [2.05, 4.69) is 4.98 Å². The number of carboxylic acids is 1. The van der Waals surface area contributed by atoms with Gasteiger partial charge in [-0.15, -0.1) is 11.3 Å². The SMILES string of the molecule is O=C(O)c1ncsc1C(=O)N1CCOc2ccccc21.